The van der Waals surface area contributed by atoms with Gasteiger partial charge in [0.15, 0.2) is 5.82 Å². The highest BCUT2D eigenvalue weighted by atomic mass is 16.5. The van der Waals surface area contributed by atoms with Crippen molar-refractivity contribution in [2.45, 2.75) is 95.9 Å². The summed E-state index contributed by atoms with van der Waals surface area (Å²) in [5.74, 6) is 3.40. The van der Waals surface area contributed by atoms with Crippen LogP contribution < -0.4 is 25.2 Å². The van der Waals surface area contributed by atoms with E-state index in [1.807, 2.05) is 19.2 Å². The number of likely N-dealkylation sites (tertiary alicyclic amines) is 1. The Labute approximate surface area is 254 Å². The van der Waals surface area contributed by atoms with E-state index in [1.54, 1.807) is 11.1 Å². The Balaban J connectivity index is 1.16. The lowest BCUT2D eigenvalue weighted by molar-refractivity contribution is -0.120. The van der Waals surface area contributed by atoms with Gasteiger partial charge in [0.25, 0.3) is 5.91 Å². The molecule has 2 aliphatic carbocycles. The van der Waals surface area contributed by atoms with Crippen LogP contribution in [-0.2, 0) is 11.2 Å². The van der Waals surface area contributed by atoms with Gasteiger partial charge in [-0.05, 0) is 77.0 Å². The maximum atomic E-state index is 13.6. The van der Waals surface area contributed by atoms with Crippen molar-refractivity contribution in [1.29, 1.82) is 0 Å². The van der Waals surface area contributed by atoms with Crippen molar-refractivity contribution < 1.29 is 14.3 Å². The number of ether oxygens (including phenoxy) is 1. The second kappa shape index (κ2) is 10.6. The van der Waals surface area contributed by atoms with Gasteiger partial charge in [0.2, 0.25) is 11.9 Å². The van der Waals surface area contributed by atoms with E-state index >= 15 is 0 Å². The molecule has 10 heteroatoms. The van der Waals surface area contributed by atoms with Crippen molar-refractivity contribution in [3.8, 4) is 5.75 Å². The molecule has 2 amide bonds. The molecule has 0 radical (unpaired) electrons. The summed E-state index contributed by atoms with van der Waals surface area (Å²) in [6.07, 6.45) is 9.71. The number of fused-ring (bicyclic) bond motifs is 3. The summed E-state index contributed by atoms with van der Waals surface area (Å²) in [7, 11) is 4.00. The minimum absolute atomic E-state index is 0.0158. The molecular formula is C33H45N7O3. The summed E-state index contributed by atoms with van der Waals surface area (Å²) in [5.41, 5.74) is 2.66. The van der Waals surface area contributed by atoms with E-state index in [4.69, 9.17) is 9.72 Å². The number of likely N-dealkylation sites (N-methyl/N-ethyl adjacent to an activating group) is 1. The Kier molecular flexibility index (Phi) is 7.02. The third-order valence-corrected chi connectivity index (χ3v) is 10.4. The summed E-state index contributed by atoms with van der Waals surface area (Å²) in [6.45, 7) is 8.44. The van der Waals surface area contributed by atoms with Crippen LogP contribution in [0.3, 0.4) is 0 Å². The smallest absolute Gasteiger partial charge is 0.251 e. The minimum Gasteiger partial charge on any atom is -0.485 e. The molecule has 1 aromatic carbocycles. The quantitative estimate of drug-likeness (QED) is 0.509. The highest BCUT2D eigenvalue weighted by Gasteiger charge is 2.43. The number of hydrogen-bond acceptors (Lipinski definition) is 8. The maximum absolute atomic E-state index is 13.6. The average molecular weight is 588 g/mol. The van der Waals surface area contributed by atoms with Gasteiger partial charge < -0.3 is 30.1 Å². The number of nitrogens with one attached hydrogen (secondary N) is 2. The van der Waals surface area contributed by atoms with E-state index in [9.17, 15) is 9.59 Å². The Morgan fingerprint density at radius 1 is 1.12 bits per heavy atom. The fourth-order valence-electron chi connectivity index (χ4n) is 8.45. The van der Waals surface area contributed by atoms with Crippen LogP contribution in [-0.4, -0.2) is 77.6 Å². The van der Waals surface area contributed by atoms with Crippen molar-refractivity contribution in [1.82, 2.24) is 20.2 Å². The number of nitrogens with zero attached hydrogens (tertiary/aromatic N) is 5. The first-order chi connectivity index (χ1) is 20.6. The summed E-state index contributed by atoms with van der Waals surface area (Å²) < 4.78 is 6.44. The van der Waals surface area contributed by atoms with Gasteiger partial charge in [-0.25, -0.2) is 4.98 Å². The summed E-state index contributed by atoms with van der Waals surface area (Å²) in [4.78, 5) is 42.9. The zero-order chi connectivity index (χ0) is 30.0. The average Bonchev–Trinajstić information content (AvgIpc) is 3.74. The van der Waals surface area contributed by atoms with Crippen LogP contribution in [0.5, 0.6) is 5.75 Å². The van der Waals surface area contributed by atoms with Gasteiger partial charge in [-0.3, -0.25) is 9.59 Å². The van der Waals surface area contributed by atoms with E-state index in [0.29, 0.717) is 41.6 Å². The molecule has 7 rings (SSSR count). The number of benzene rings is 1. The van der Waals surface area contributed by atoms with Crippen molar-refractivity contribution in [3.63, 3.8) is 0 Å². The molecule has 2 N–H and O–H groups in total. The first-order valence-electron chi connectivity index (χ1n) is 16.2. The van der Waals surface area contributed by atoms with E-state index < -0.39 is 5.60 Å². The third-order valence-electron chi connectivity index (χ3n) is 10.4. The number of aromatic nitrogens is 2. The second-order valence-corrected chi connectivity index (χ2v) is 14.1. The number of rotatable bonds is 6. The fraction of sp³-hybridized carbons (Fsp3) is 0.636. The van der Waals surface area contributed by atoms with Crippen LogP contribution in [0.25, 0.3) is 0 Å². The van der Waals surface area contributed by atoms with Gasteiger partial charge >= 0.3 is 0 Å². The predicted molar refractivity (Wildman–Crippen MR) is 167 cm³/mol. The number of amides is 2. The van der Waals surface area contributed by atoms with Crippen LogP contribution in [0.15, 0.2) is 18.3 Å². The molecule has 1 saturated heterocycles. The second-order valence-electron chi connectivity index (χ2n) is 14.1. The monoisotopic (exact) mass is 587 g/mol. The Bertz CT molecular complexity index is 1420. The van der Waals surface area contributed by atoms with Crippen LogP contribution >= 0.6 is 0 Å². The molecular weight excluding hydrogens is 542 g/mol. The zero-order valence-electron chi connectivity index (χ0n) is 26.2. The molecule has 1 aromatic heterocycles. The highest BCUT2D eigenvalue weighted by Crippen LogP contribution is 2.45. The van der Waals surface area contributed by atoms with E-state index in [0.717, 1.165) is 67.9 Å². The van der Waals surface area contributed by atoms with Crippen LogP contribution in [0.4, 0.5) is 23.1 Å². The molecule has 3 atom stereocenters. The molecule has 4 heterocycles. The normalized spacial score (nSPS) is 28.1. The highest BCUT2D eigenvalue weighted by molar-refractivity contribution is 6.04. The lowest BCUT2D eigenvalue weighted by Crippen LogP contribution is -2.55. The van der Waals surface area contributed by atoms with E-state index in [-0.39, 0.29) is 23.9 Å². The molecule has 43 heavy (non-hydrogen) atoms. The first-order valence-corrected chi connectivity index (χ1v) is 16.2. The Morgan fingerprint density at radius 2 is 1.84 bits per heavy atom. The number of carbonyl (C=O) groups is 2. The van der Waals surface area contributed by atoms with Gasteiger partial charge in [0.1, 0.15) is 23.1 Å². The molecule has 2 aromatic rings. The number of carbonyl (C=O) groups excluding carboxylic acids is 2. The lowest BCUT2D eigenvalue weighted by Gasteiger charge is -2.43. The van der Waals surface area contributed by atoms with Gasteiger partial charge in [-0.2, -0.15) is 4.98 Å². The standard InChI is InChI=1S/C33H45N7O3/c1-6-26-31(42)39(5)27-16-34-32(37-29(27)40(26)22-9-7-8-10-22)36-25-12-11-23(24-15-33(2,3)43-28(24)25)30(41)35-21-13-19-17-38(4)18-20(19)14-21/h11-12,16,19-22,26H,6-10,13-15,17-18H2,1-5H3,(H,35,41)(H,34,36,37)/t19?,20?,21?,26-/m1/s1. The molecule has 230 valence electrons. The summed E-state index contributed by atoms with van der Waals surface area (Å²) >= 11 is 0. The van der Waals surface area contributed by atoms with Gasteiger partial charge in [0.05, 0.1) is 11.9 Å². The van der Waals surface area contributed by atoms with Gasteiger partial charge in [0, 0.05) is 49.8 Å². The lowest BCUT2D eigenvalue weighted by atomic mass is 9.96. The predicted octanol–water partition coefficient (Wildman–Crippen LogP) is 4.51. The van der Waals surface area contributed by atoms with E-state index in [2.05, 4.69) is 53.2 Å². The maximum Gasteiger partial charge on any atom is 0.251 e. The molecule has 10 nitrogen and oxygen atoms in total. The SMILES string of the molecule is CC[C@@H]1C(=O)N(C)c2cnc(Nc3ccc(C(=O)NC4CC5CN(C)CC5C4)c4c3OC(C)(C)C4)nc2N1C1CCCC1. The van der Waals surface area contributed by atoms with Gasteiger partial charge in [-0.1, -0.05) is 19.8 Å². The molecule has 2 unspecified atom stereocenters. The van der Waals surface area contributed by atoms with Crippen LogP contribution in [0.2, 0.25) is 0 Å². The van der Waals surface area contributed by atoms with E-state index in [1.165, 1.54) is 12.8 Å². The minimum atomic E-state index is -0.433. The topological polar surface area (TPSA) is 103 Å². The van der Waals surface area contributed by atoms with Crippen molar-refractivity contribution in [3.05, 3.63) is 29.5 Å². The fourth-order valence-corrected chi connectivity index (χ4v) is 8.45. The first kappa shape index (κ1) is 28.4. The summed E-state index contributed by atoms with van der Waals surface area (Å²) in [6, 6.07) is 4.12. The molecule has 5 aliphatic rings. The van der Waals surface area contributed by atoms with Crippen molar-refractivity contribution in [2.24, 2.45) is 11.8 Å². The number of anilines is 4. The number of hydrogen-bond donors (Lipinski definition) is 2. The third kappa shape index (κ3) is 5.01. The van der Waals surface area contributed by atoms with Crippen molar-refractivity contribution >= 4 is 35.0 Å². The largest absolute Gasteiger partial charge is 0.485 e. The van der Waals surface area contributed by atoms with Gasteiger partial charge in [-0.15, -0.1) is 0 Å². The molecule has 0 spiro atoms. The van der Waals surface area contributed by atoms with Crippen LogP contribution in [0, 0.1) is 11.8 Å². The summed E-state index contributed by atoms with van der Waals surface area (Å²) in [5, 5.41) is 6.77. The zero-order valence-corrected chi connectivity index (χ0v) is 26.2. The molecule has 3 fully saturated rings. The molecule has 3 aliphatic heterocycles. The van der Waals surface area contributed by atoms with Crippen LogP contribution in [0.1, 0.15) is 81.6 Å². The molecule has 2 saturated carbocycles. The Hall–Kier alpha value is -3.40. The van der Waals surface area contributed by atoms with Crippen molar-refractivity contribution in [2.75, 3.05) is 42.3 Å². The molecule has 0 bridgehead atoms. The Morgan fingerprint density at radius 3 is 2.53 bits per heavy atom.